The van der Waals surface area contributed by atoms with Gasteiger partial charge in [0.1, 0.15) is 5.75 Å². The van der Waals surface area contributed by atoms with Crippen LogP contribution in [0.15, 0.2) is 48.5 Å². The van der Waals surface area contributed by atoms with Crippen LogP contribution in [0, 0.1) is 6.92 Å². The zero-order chi connectivity index (χ0) is 16.9. The summed E-state index contributed by atoms with van der Waals surface area (Å²) >= 11 is 0. The summed E-state index contributed by atoms with van der Waals surface area (Å²) in [7, 11) is -3.43. The molecule has 0 spiro atoms. The van der Waals surface area contributed by atoms with Gasteiger partial charge in [0, 0.05) is 0 Å². The third kappa shape index (κ3) is 5.63. The average molecular weight is 334 g/mol. The Kier molecular flexibility index (Phi) is 5.23. The average Bonchev–Trinajstić information content (AvgIpc) is 2.46. The number of carbonyl (C=O) groups excluding carboxylic acids is 1. The molecular weight excluding hydrogens is 316 g/mol. The number of ether oxygens (including phenoxy) is 1. The lowest BCUT2D eigenvalue weighted by molar-refractivity contribution is -0.118. The van der Waals surface area contributed by atoms with Crippen molar-refractivity contribution in [3.05, 3.63) is 54.1 Å². The standard InChI is InChI=1S/C16H18N2O4S/c1-12-6-5-7-13(10-12)22-11-16(19)17-14-8-3-4-9-15(14)18-23(2,20)21/h3-10,18H,11H2,1-2H3,(H,17,19). The number of amides is 1. The zero-order valence-electron chi connectivity index (χ0n) is 12.9. The molecule has 0 saturated carbocycles. The van der Waals surface area contributed by atoms with Crippen molar-refractivity contribution in [3.63, 3.8) is 0 Å². The van der Waals surface area contributed by atoms with E-state index < -0.39 is 10.0 Å². The van der Waals surface area contributed by atoms with Gasteiger partial charge in [0.2, 0.25) is 10.0 Å². The molecule has 23 heavy (non-hydrogen) atoms. The lowest BCUT2D eigenvalue weighted by Crippen LogP contribution is -2.21. The maximum Gasteiger partial charge on any atom is 0.262 e. The van der Waals surface area contributed by atoms with Crippen molar-refractivity contribution >= 4 is 27.3 Å². The van der Waals surface area contributed by atoms with E-state index in [-0.39, 0.29) is 12.5 Å². The second-order valence-electron chi connectivity index (χ2n) is 5.07. The van der Waals surface area contributed by atoms with E-state index in [2.05, 4.69) is 10.0 Å². The molecule has 122 valence electrons. The van der Waals surface area contributed by atoms with E-state index in [0.29, 0.717) is 17.1 Å². The summed E-state index contributed by atoms with van der Waals surface area (Å²) in [6, 6.07) is 13.9. The fourth-order valence-electron chi connectivity index (χ4n) is 1.92. The molecule has 0 unspecified atom stereocenters. The smallest absolute Gasteiger partial charge is 0.262 e. The third-order valence-corrected chi connectivity index (χ3v) is 3.45. The van der Waals surface area contributed by atoms with Crippen LogP contribution in [0.4, 0.5) is 11.4 Å². The Balaban J connectivity index is 2.00. The molecule has 2 rings (SSSR count). The second kappa shape index (κ2) is 7.15. The Labute approximate surface area is 135 Å². The SMILES string of the molecule is Cc1cccc(OCC(=O)Nc2ccccc2NS(C)(=O)=O)c1. The predicted octanol–water partition coefficient (Wildman–Crippen LogP) is 2.38. The van der Waals surface area contributed by atoms with Gasteiger partial charge < -0.3 is 10.1 Å². The lowest BCUT2D eigenvalue weighted by Gasteiger charge is -2.12. The summed E-state index contributed by atoms with van der Waals surface area (Å²) in [5.41, 5.74) is 1.71. The molecule has 0 heterocycles. The van der Waals surface area contributed by atoms with Gasteiger partial charge in [-0.05, 0) is 36.8 Å². The molecule has 0 atom stereocenters. The number of nitrogens with one attached hydrogen (secondary N) is 2. The summed E-state index contributed by atoms with van der Waals surface area (Å²) in [6.45, 7) is 1.76. The van der Waals surface area contributed by atoms with Crippen LogP contribution in [0.3, 0.4) is 0 Å². The van der Waals surface area contributed by atoms with E-state index in [4.69, 9.17) is 4.74 Å². The molecule has 0 aliphatic rings. The lowest BCUT2D eigenvalue weighted by atomic mass is 10.2. The normalized spacial score (nSPS) is 10.9. The monoisotopic (exact) mass is 334 g/mol. The van der Waals surface area contributed by atoms with E-state index in [0.717, 1.165) is 11.8 Å². The molecule has 6 nitrogen and oxygen atoms in total. The first-order chi connectivity index (χ1) is 10.8. The van der Waals surface area contributed by atoms with Crippen molar-refractivity contribution in [1.29, 1.82) is 0 Å². The molecule has 1 amide bonds. The highest BCUT2D eigenvalue weighted by atomic mass is 32.2. The Morgan fingerprint density at radius 1 is 1.09 bits per heavy atom. The minimum absolute atomic E-state index is 0.170. The molecule has 2 aromatic rings. The van der Waals surface area contributed by atoms with E-state index in [1.807, 2.05) is 25.1 Å². The van der Waals surface area contributed by atoms with Crippen molar-refractivity contribution in [2.24, 2.45) is 0 Å². The van der Waals surface area contributed by atoms with Crippen LogP contribution in [-0.4, -0.2) is 27.2 Å². The number of sulfonamides is 1. The van der Waals surface area contributed by atoms with Gasteiger partial charge >= 0.3 is 0 Å². The largest absolute Gasteiger partial charge is 0.484 e. The van der Waals surface area contributed by atoms with Gasteiger partial charge in [-0.25, -0.2) is 8.42 Å². The zero-order valence-corrected chi connectivity index (χ0v) is 13.7. The van der Waals surface area contributed by atoms with Gasteiger partial charge in [-0.15, -0.1) is 0 Å². The van der Waals surface area contributed by atoms with Gasteiger partial charge in [-0.3, -0.25) is 9.52 Å². The van der Waals surface area contributed by atoms with Crippen LogP contribution < -0.4 is 14.8 Å². The Morgan fingerprint density at radius 3 is 2.43 bits per heavy atom. The molecule has 0 radical (unpaired) electrons. The third-order valence-electron chi connectivity index (χ3n) is 2.86. The molecule has 0 aromatic heterocycles. The first-order valence-electron chi connectivity index (χ1n) is 6.89. The van der Waals surface area contributed by atoms with Gasteiger partial charge in [-0.2, -0.15) is 0 Å². The van der Waals surface area contributed by atoms with E-state index in [1.165, 1.54) is 0 Å². The number of hydrogen-bond acceptors (Lipinski definition) is 4. The molecule has 0 aliphatic heterocycles. The minimum atomic E-state index is -3.43. The minimum Gasteiger partial charge on any atom is -0.484 e. The highest BCUT2D eigenvalue weighted by molar-refractivity contribution is 7.92. The van der Waals surface area contributed by atoms with Crippen molar-refractivity contribution in [2.75, 3.05) is 22.9 Å². The Hall–Kier alpha value is -2.54. The molecular formula is C16H18N2O4S. The summed E-state index contributed by atoms with van der Waals surface area (Å²) in [4.78, 5) is 12.0. The number of rotatable bonds is 6. The fourth-order valence-corrected chi connectivity index (χ4v) is 2.50. The molecule has 0 aliphatic carbocycles. The number of aryl methyl sites for hydroxylation is 1. The molecule has 7 heteroatoms. The van der Waals surface area contributed by atoms with Gasteiger partial charge in [0.05, 0.1) is 17.6 Å². The van der Waals surface area contributed by atoms with Crippen LogP contribution in [0.5, 0.6) is 5.75 Å². The van der Waals surface area contributed by atoms with Crippen molar-refractivity contribution in [3.8, 4) is 5.75 Å². The fraction of sp³-hybridized carbons (Fsp3) is 0.188. The van der Waals surface area contributed by atoms with E-state index in [1.54, 1.807) is 30.3 Å². The van der Waals surface area contributed by atoms with Crippen LogP contribution in [0.2, 0.25) is 0 Å². The molecule has 2 aromatic carbocycles. The molecule has 2 N–H and O–H groups in total. The summed E-state index contributed by atoms with van der Waals surface area (Å²) in [5.74, 6) is 0.219. The Morgan fingerprint density at radius 2 is 1.78 bits per heavy atom. The van der Waals surface area contributed by atoms with Crippen molar-refractivity contribution in [2.45, 2.75) is 6.92 Å². The summed E-state index contributed by atoms with van der Waals surface area (Å²) < 4.78 is 30.4. The quantitative estimate of drug-likeness (QED) is 0.849. The summed E-state index contributed by atoms with van der Waals surface area (Å²) in [5, 5.41) is 2.63. The highest BCUT2D eigenvalue weighted by Crippen LogP contribution is 2.22. The molecule has 0 fully saturated rings. The Bertz CT molecular complexity index is 803. The number of carbonyl (C=O) groups is 1. The predicted molar refractivity (Wildman–Crippen MR) is 90.2 cm³/mol. The maximum atomic E-state index is 12.0. The number of para-hydroxylation sites is 2. The number of hydrogen-bond donors (Lipinski definition) is 2. The van der Waals surface area contributed by atoms with E-state index >= 15 is 0 Å². The summed E-state index contributed by atoms with van der Waals surface area (Å²) in [6.07, 6.45) is 1.05. The first kappa shape index (κ1) is 16.8. The van der Waals surface area contributed by atoms with Gasteiger partial charge in [0.15, 0.2) is 6.61 Å². The number of anilines is 2. The van der Waals surface area contributed by atoms with Crippen molar-refractivity contribution < 1.29 is 17.9 Å². The van der Waals surface area contributed by atoms with Crippen LogP contribution >= 0.6 is 0 Å². The van der Waals surface area contributed by atoms with Crippen LogP contribution in [0.1, 0.15) is 5.56 Å². The van der Waals surface area contributed by atoms with Gasteiger partial charge in [0.25, 0.3) is 5.91 Å². The second-order valence-corrected chi connectivity index (χ2v) is 6.82. The van der Waals surface area contributed by atoms with Crippen LogP contribution in [0.25, 0.3) is 0 Å². The maximum absolute atomic E-state index is 12.0. The van der Waals surface area contributed by atoms with Crippen LogP contribution in [-0.2, 0) is 14.8 Å². The molecule has 0 saturated heterocycles. The van der Waals surface area contributed by atoms with Gasteiger partial charge in [-0.1, -0.05) is 24.3 Å². The molecule has 0 bridgehead atoms. The highest BCUT2D eigenvalue weighted by Gasteiger charge is 2.10. The number of benzene rings is 2. The van der Waals surface area contributed by atoms with E-state index in [9.17, 15) is 13.2 Å². The first-order valence-corrected chi connectivity index (χ1v) is 8.79. The van der Waals surface area contributed by atoms with Crippen molar-refractivity contribution in [1.82, 2.24) is 0 Å². The topological polar surface area (TPSA) is 84.5 Å².